The van der Waals surface area contributed by atoms with E-state index in [2.05, 4.69) is 10.0 Å². The number of rotatable bonds is 5. The average molecular weight is 383 g/mol. The summed E-state index contributed by atoms with van der Waals surface area (Å²) in [5.41, 5.74) is 1.02. The Labute approximate surface area is 149 Å². The van der Waals surface area contributed by atoms with Gasteiger partial charge in [0.2, 0.25) is 16.8 Å². The number of hydrogen-bond acceptors (Lipinski definition) is 5. The van der Waals surface area contributed by atoms with Gasteiger partial charge in [-0.1, -0.05) is 17.7 Å². The van der Waals surface area contributed by atoms with Crippen LogP contribution in [0.4, 0.5) is 0 Å². The molecule has 0 saturated heterocycles. The van der Waals surface area contributed by atoms with Crippen LogP contribution >= 0.6 is 11.6 Å². The minimum absolute atomic E-state index is 0.0432. The molecule has 0 radical (unpaired) electrons. The lowest BCUT2D eigenvalue weighted by molar-refractivity contribution is 0.0950. The minimum Gasteiger partial charge on any atom is -0.454 e. The molecule has 2 aromatic carbocycles. The first-order valence-electron chi connectivity index (χ1n) is 7.30. The summed E-state index contributed by atoms with van der Waals surface area (Å²) >= 11 is 5.91. The number of halogens is 1. The highest BCUT2D eigenvalue weighted by Crippen LogP contribution is 2.32. The van der Waals surface area contributed by atoms with Crippen LogP contribution in [0.5, 0.6) is 11.5 Å². The number of carbonyl (C=O) groups excluding carboxylic acids is 1. The third kappa shape index (κ3) is 3.71. The van der Waals surface area contributed by atoms with Crippen LogP contribution in [0.3, 0.4) is 0 Å². The maximum absolute atomic E-state index is 12.3. The molecule has 0 aliphatic carbocycles. The lowest BCUT2D eigenvalue weighted by atomic mass is 10.1. The van der Waals surface area contributed by atoms with E-state index in [9.17, 15) is 13.2 Å². The van der Waals surface area contributed by atoms with Crippen LogP contribution in [0.25, 0.3) is 0 Å². The lowest BCUT2D eigenvalue weighted by Crippen LogP contribution is -2.24. The van der Waals surface area contributed by atoms with Crippen LogP contribution in [0, 0.1) is 0 Å². The predicted molar refractivity (Wildman–Crippen MR) is 91.4 cm³/mol. The second-order valence-electron chi connectivity index (χ2n) is 5.22. The van der Waals surface area contributed by atoms with E-state index >= 15 is 0 Å². The highest BCUT2D eigenvalue weighted by Gasteiger charge is 2.19. The Bertz CT molecular complexity index is 930. The van der Waals surface area contributed by atoms with Crippen molar-refractivity contribution in [1.29, 1.82) is 0 Å². The fourth-order valence-corrected chi connectivity index (χ4v) is 3.54. The minimum atomic E-state index is -3.75. The van der Waals surface area contributed by atoms with Gasteiger partial charge >= 0.3 is 0 Å². The molecular formula is C16H15ClN2O5S. The van der Waals surface area contributed by atoms with Gasteiger partial charge in [-0.25, -0.2) is 13.1 Å². The predicted octanol–water partition coefficient (Wildman–Crippen LogP) is 1.91. The molecule has 0 atom stereocenters. The van der Waals surface area contributed by atoms with Crippen LogP contribution in [0.2, 0.25) is 5.02 Å². The van der Waals surface area contributed by atoms with Gasteiger partial charge in [0.15, 0.2) is 11.5 Å². The topological polar surface area (TPSA) is 93.7 Å². The first-order valence-corrected chi connectivity index (χ1v) is 9.16. The molecule has 0 bridgehead atoms. The number of ether oxygens (including phenoxy) is 2. The van der Waals surface area contributed by atoms with E-state index in [0.717, 1.165) is 5.56 Å². The van der Waals surface area contributed by atoms with E-state index in [4.69, 9.17) is 21.1 Å². The molecule has 0 unspecified atom stereocenters. The van der Waals surface area contributed by atoms with E-state index in [0.29, 0.717) is 11.5 Å². The number of benzene rings is 2. The van der Waals surface area contributed by atoms with Gasteiger partial charge in [-0.2, -0.15) is 0 Å². The standard InChI is InChI=1S/C16H15ClN2O5S/c1-18-25(21,22)15-7-11(3-4-12(15)17)16(20)19-8-10-2-5-13-14(6-10)24-9-23-13/h2-7,18H,8-9H2,1H3,(H,19,20). The third-order valence-electron chi connectivity index (χ3n) is 3.64. The monoisotopic (exact) mass is 382 g/mol. The second kappa shape index (κ2) is 6.91. The number of hydrogen-bond donors (Lipinski definition) is 2. The SMILES string of the molecule is CNS(=O)(=O)c1cc(C(=O)NCc2ccc3c(c2)OCO3)ccc1Cl. The van der Waals surface area contributed by atoms with Gasteiger partial charge in [0.1, 0.15) is 4.90 Å². The van der Waals surface area contributed by atoms with E-state index < -0.39 is 15.9 Å². The first-order chi connectivity index (χ1) is 11.9. The summed E-state index contributed by atoms with van der Waals surface area (Å²) in [6.45, 7) is 0.435. The Balaban J connectivity index is 1.74. The van der Waals surface area contributed by atoms with E-state index in [1.165, 1.54) is 25.2 Å². The van der Waals surface area contributed by atoms with Crippen molar-refractivity contribution in [2.45, 2.75) is 11.4 Å². The summed E-state index contributed by atoms with van der Waals surface area (Å²) in [5.74, 6) is 0.872. The fourth-order valence-electron chi connectivity index (χ4n) is 2.30. The first kappa shape index (κ1) is 17.5. The van der Waals surface area contributed by atoms with E-state index in [1.807, 2.05) is 6.07 Å². The number of carbonyl (C=O) groups is 1. The normalized spacial score (nSPS) is 12.9. The Hall–Kier alpha value is -2.29. The molecule has 3 rings (SSSR count). The molecule has 0 spiro atoms. The zero-order valence-electron chi connectivity index (χ0n) is 13.2. The zero-order valence-corrected chi connectivity index (χ0v) is 14.8. The van der Waals surface area contributed by atoms with Crippen LogP contribution in [0.15, 0.2) is 41.3 Å². The van der Waals surface area contributed by atoms with E-state index in [-0.39, 0.29) is 28.8 Å². The summed E-state index contributed by atoms with van der Waals surface area (Å²) in [5, 5.41) is 2.77. The Kier molecular flexibility index (Phi) is 4.85. The van der Waals surface area contributed by atoms with Crippen LogP contribution in [-0.4, -0.2) is 28.2 Å². The quantitative estimate of drug-likeness (QED) is 0.823. The highest BCUT2D eigenvalue weighted by atomic mass is 35.5. The van der Waals surface area contributed by atoms with E-state index in [1.54, 1.807) is 12.1 Å². The van der Waals surface area contributed by atoms with Crippen molar-refractivity contribution in [1.82, 2.24) is 10.0 Å². The van der Waals surface area contributed by atoms with Crippen LogP contribution in [-0.2, 0) is 16.6 Å². The molecule has 2 N–H and O–H groups in total. The zero-order chi connectivity index (χ0) is 18.0. The van der Waals surface area contributed by atoms with Gasteiger partial charge in [-0.05, 0) is 42.9 Å². The van der Waals surface area contributed by atoms with Crippen molar-refractivity contribution in [2.75, 3.05) is 13.8 Å². The van der Waals surface area contributed by atoms with Crippen molar-refractivity contribution >= 4 is 27.5 Å². The van der Waals surface area contributed by atoms with Gasteiger partial charge in [0.25, 0.3) is 5.91 Å². The molecule has 1 aliphatic heterocycles. The Morgan fingerprint density at radius 3 is 2.68 bits per heavy atom. The maximum atomic E-state index is 12.3. The maximum Gasteiger partial charge on any atom is 0.251 e. The molecule has 1 heterocycles. The summed E-state index contributed by atoms with van der Waals surface area (Å²) < 4.78 is 36.6. The lowest BCUT2D eigenvalue weighted by Gasteiger charge is -2.09. The molecule has 1 aliphatic rings. The largest absolute Gasteiger partial charge is 0.454 e. The van der Waals surface area contributed by atoms with Gasteiger partial charge in [-0.3, -0.25) is 4.79 Å². The molecule has 2 aromatic rings. The third-order valence-corrected chi connectivity index (χ3v) is 5.54. The number of amides is 1. The van der Waals surface area contributed by atoms with Crippen LogP contribution < -0.4 is 19.5 Å². The number of fused-ring (bicyclic) bond motifs is 1. The highest BCUT2D eigenvalue weighted by molar-refractivity contribution is 7.89. The van der Waals surface area contributed by atoms with Crippen molar-refractivity contribution < 1.29 is 22.7 Å². The van der Waals surface area contributed by atoms with Gasteiger partial charge < -0.3 is 14.8 Å². The van der Waals surface area contributed by atoms with Crippen molar-refractivity contribution in [2.24, 2.45) is 0 Å². The van der Waals surface area contributed by atoms with Gasteiger partial charge in [0.05, 0.1) is 5.02 Å². The van der Waals surface area contributed by atoms with Crippen molar-refractivity contribution in [3.63, 3.8) is 0 Å². The molecule has 0 fully saturated rings. The molecule has 25 heavy (non-hydrogen) atoms. The Morgan fingerprint density at radius 1 is 1.16 bits per heavy atom. The fraction of sp³-hybridized carbons (Fsp3) is 0.188. The van der Waals surface area contributed by atoms with Crippen molar-refractivity contribution in [3.05, 3.63) is 52.5 Å². The summed E-state index contributed by atoms with van der Waals surface area (Å²) in [7, 11) is -2.48. The summed E-state index contributed by atoms with van der Waals surface area (Å²) in [4.78, 5) is 12.2. The molecule has 0 aromatic heterocycles. The average Bonchev–Trinajstić information content (AvgIpc) is 3.07. The second-order valence-corrected chi connectivity index (χ2v) is 7.49. The summed E-state index contributed by atoms with van der Waals surface area (Å²) in [6, 6.07) is 9.44. The molecule has 1 amide bonds. The molecule has 132 valence electrons. The molecule has 7 nitrogen and oxygen atoms in total. The molecule has 0 saturated carbocycles. The molecule has 9 heteroatoms. The molecular weight excluding hydrogens is 368 g/mol. The smallest absolute Gasteiger partial charge is 0.251 e. The number of sulfonamides is 1. The summed E-state index contributed by atoms with van der Waals surface area (Å²) in [6.07, 6.45) is 0. The number of nitrogens with one attached hydrogen (secondary N) is 2. The van der Waals surface area contributed by atoms with Gasteiger partial charge in [0, 0.05) is 12.1 Å². The van der Waals surface area contributed by atoms with Gasteiger partial charge in [-0.15, -0.1) is 0 Å². The van der Waals surface area contributed by atoms with Crippen LogP contribution in [0.1, 0.15) is 15.9 Å². The Morgan fingerprint density at radius 2 is 1.92 bits per heavy atom. The van der Waals surface area contributed by atoms with Crippen molar-refractivity contribution in [3.8, 4) is 11.5 Å².